The van der Waals surface area contributed by atoms with E-state index in [-0.39, 0.29) is 17.8 Å². The number of carbonyl (C=O) groups is 2. The standard InChI is InChI=1S/C30H39NO4/c1-23(21-29(32)35-3)26-14-10-15-27(22-26)31(30(33)25-12-7-4-8-13-25)20-9-5-6-11-24-16-18-28(34-2)19-17-24/h10,14-19,21-22,25H,4-9,11-13,20H2,1-3H3/b23-21+. The molecule has 0 radical (unpaired) electrons. The van der Waals surface area contributed by atoms with Crippen LogP contribution in [0.5, 0.6) is 5.75 Å². The van der Waals surface area contributed by atoms with Crippen LogP contribution >= 0.6 is 0 Å². The molecule has 2 aromatic rings. The molecule has 0 heterocycles. The van der Waals surface area contributed by atoms with Gasteiger partial charge < -0.3 is 14.4 Å². The maximum atomic E-state index is 13.6. The van der Waals surface area contributed by atoms with Crippen LogP contribution in [0.2, 0.25) is 0 Å². The fourth-order valence-electron chi connectivity index (χ4n) is 4.74. The molecule has 1 fully saturated rings. The Labute approximate surface area is 210 Å². The predicted octanol–water partition coefficient (Wildman–Crippen LogP) is 6.60. The van der Waals surface area contributed by atoms with Crippen LogP contribution in [0.4, 0.5) is 5.69 Å². The second-order valence-corrected chi connectivity index (χ2v) is 9.38. The number of carbonyl (C=O) groups excluding carboxylic acids is 2. The molecule has 0 aromatic heterocycles. The van der Waals surface area contributed by atoms with Gasteiger partial charge in [-0.25, -0.2) is 4.79 Å². The van der Waals surface area contributed by atoms with Crippen molar-refractivity contribution in [1.82, 2.24) is 0 Å². The van der Waals surface area contributed by atoms with Crippen molar-refractivity contribution in [3.05, 3.63) is 65.7 Å². The lowest BCUT2D eigenvalue weighted by Crippen LogP contribution is -2.38. The van der Waals surface area contributed by atoms with E-state index in [0.717, 1.165) is 73.9 Å². The fourth-order valence-corrected chi connectivity index (χ4v) is 4.74. The van der Waals surface area contributed by atoms with Crippen LogP contribution in [-0.4, -0.2) is 32.6 Å². The third kappa shape index (κ3) is 7.98. The first kappa shape index (κ1) is 26.5. The minimum Gasteiger partial charge on any atom is -0.497 e. The molecule has 0 atom stereocenters. The topological polar surface area (TPSA) is 55.8 Å². The van der Waals surface area contributed by atoms with Gasteiger partial charge in [-0.15, -0.1) is 0 Å². The first-order valence-corrected chi connectivity index (χ1v) is 12.8. The van der Waals surface area contributed by atoms with Gasteiger partial charge in [0.1, 0.15) is 5.75 Å². The molecular weight excluding hydrogens is 438 g/mol. The Morgan fingerprint density at radius 3 is 2.40 bits per heavy atom. The van der Waals surface area contributed by atoms with Gasteiger partial charge in [0.15, 0.2) is 0 Å². The summed E-state index contributed by atoms with van der Waals surface area (Å²) in [5.74, 6) is 0.856. The van der Waals surface area contributed by atoms with Gasteiger partial charge in [-0.1, -0.05) is 49.9 Å². The lowest BCUT2D eigenvalue weighted by Gasteiger charge is -2.30. The van der Waals surface area contributed by atoms with Crippen molar-refractivity contribution < 1.29 is 19.1 Å². The van der Waals surface area contributed by atoms with Crippen LogP contribution in [0.25, 0.3) is 5.57 Å². The molecule has 35 heavy (non-hydrogen) atoms. The Morgan fingerprint density at radius 1 is 0.971 bits per heavy atom. The lowest BCUT2D eigenvalue weighted by atomic mass is 9.88. The minimum absolute atomic E-state index is 0.110. The molecule has 0 unspecified atom stereocenters. The number of aryl methyl sites for hydroxylation is 1. The van der Waals surface area contributed by atoms with E-state index in [0.29, 0.717) is 6.54 Å². The number of amides is 1. The first-order valence-electron chi connectivity index (χ1n) is 12.8. The van der Waals surface area contributed by atoms with Crippen molar-refractivity contribution in [2.24, 2.45) is 5.92 Å². The van der Waals surface area contributed by atoms with E-state index in [1.54, 1.807) is 7.11 Å². The Bertz CT molecular complexity index is 990. The normalized spacial score (nSPS) is 14.4. The number of anilines is 1. The number of allylic oxidation sites excluding steroid dienone is 1. The van der Waals surface area contributed by atoms with Crippen LogP contribution in [0, 0.1) is 5.92 Å². The van der Waals surface area contributed by atoms with Crippen molar-refractivity contribution in [3.63, 3.8) is 0 Å². The SMILES string of the molecule is COC(=O)/C=C(\C)c1cccc(N(CCCCCc2ccc(OC)cc2)C(=O)C2CCCCC2)c1. The highest BCUT2D eigenvalue weighted by Crippen LogP contribution is 2.29. The van der Waals surface area contributed by atoms with Gasteiger partial charge in [0.2, 0.25) is 5.91 Å². The molecule has 3 rings (SSSR count). The highest BCUT2D eigenvalue weighted by molar-refractivity contribution is 5.96. The Balaban J connectivity index is 1.67. The van der Waals surface area contributed by atoms with Gasteiger partial charge in [0.25, 0.3) is 0 Å². The summed E-state index contributed by atoms with van der Waals surface area (Å²) in [6.45, 7) is 2.60. The van der Waals surface area contributed by atoms with E-state index >= 15 is 0 Å². The molecule has 1 saturated carbocycles. The third-order valence-corrected chi connectivity index (χ3v) is 6.88. The summed E-state index contributed by atoms with van der Waals surface area (Å²) < 4.78 is 10.0. The minimum atomic E-state index is -0.375. The summed E-state index contributed by atoms with van der Waals surface area (Å²) in [5, 5.41) is 0. The summed E-state index contributed by atoms with van der Waals surface area (Å²) in [6.07, 6.45) is 11.1. The van der Waals surface area contributed by atoms with Crippen molar-refractivity contribution in [1.29, 1.82) is 0 Å². The second-order valence-electron chi connectivity index (χ2n) is 9.38. The van der Waals surface area contributed by atoms with Crippen molar-refractivity contribution >= 4 is 23.1 Å². The molecule has 5 nitrogen and oxygen atoms in total. The maximum Gasteiger partial charge on any atom is 0.330 e. The predicted molar refractivity (Wildman–Crippen MR) is 142 cm³/mol. The number of ether oxygens (including phenoxy) is 2. The molecule has 0 N–H and O–H groups in total. The molecule has 1 aliphatic rings. The molecule has 1 aliphatic carbocycles. The van der Waals surface area contributed by atoms with Crippen molar-refractivity contribution in [2.75, 3.05) is 25.7 Å². The zero-order valence-corrected chi connectivity index (χ0v) is 21.4. The zero-order valence-electron chi connectivity index (χ0n) is 21.4. The van der Waals surface area contributed by atoms with Crippen LogP contribution < -0.4 is 9.64 Å². The number of methoxy groups -OCH3 is 2. The smallest absolute Gasteiger partial charge is 0.330 e. The molecule has 0 bridgehead atoms. The third-order valence-electron chi connectivity index (χ3n) is 6.88. The average molecular weight is 478 g/mol. The van der Waals surface area contributed by atoms with Crippen LogP contribution in [0.15, 0.2) is 54.6 Å². The number of unbranched alkanes of at least 4 members (excludes halogenated alkanes) is 2. The van der Waals surface area contributed by atoms with Gasteiger partial charge in [-0.2, -0.15) is 0 Å². The van der Waals surface area contributed by atoms with Gasteiger partial charge in [-0.3, -0.25) is 4.79 Å². The molecule has 2 aromatic carbocycles. The number of rotatable bonds is 11. The van der Waals surface area contributed by atoms with Crippen LogP contribution in [0.1, 0.15) is 69.4 Å². The fraction of sp³-hybridized carbons (Fsp3) is 0.467. The number of hydrogen-bond donors (Lipinski definition) is 0. The zero-order chi connectivity index (χ0) is 25.0. The summed E-state index contributed by atoms with van der Waals surface area (Å²) >= 11 is 0. The molecule has 0 spiro atoms. The molecule has 5 heteroatoms. The van der Waals surface area contributed by atoms with Crippen LogP contribution in [0.3, 0.4) is 0 Å². The van der Waals surface area contributed by atoms with E-state index in [9.17, 15) is 9.59 Å². The molecular formula is C30H39NO4. The van der Waals surface area contributed by atoms with Gasteiger partial charge in [0, 0.05) is 24.2 Å². The van der Waals surface area contributed by atoms with E-state index in [2.05, 4.69) is 12.1 Å². The summed E-state index contributed by atoms with van der Waals surface area (Å²) in [5.41, 5.74) is 3.96. The monoisotopic (exact) mass is 477 g/mol. The van der Waals surface area contributed by atoms with E-state index in [1.807, 2.05) is 48.2 Å². The molecule has 0 aliphatic heterocycles. The highest BCUT2D eigenvalue weighted by atomic mass is 16.5. The van der Waals surface area contributed by atoms with Crippen molar-refractivity contribution in [3.8, 4) is 5.75 Å². The maximum absolute atomic E-state index is 13.6. The van der Waals surface area contributed by atoms with Crippen LogP contribution in [-0.2, 0) is 20.7 Å². The van der Waals surface area contributed by atoms with Gasteiger partial charge in [0.05, 0.1) is 14.2 Å². The summed E-state index contributed by atoms with van der Waals surface area (Å²) in [6, 6.07) is 16.2. The van der Waals surface area contributed by atoms with Gasteiger partial charge >= 0.3 is 5.97 Å². The molecule has 1 amide bonds. The Hall–Kier alpha value is -3.08. The van der Waals surface area contributed by atoms with E-state index < -0.39 is 0 Å². The Kier molecular flexibility index (Phi) is 10.4. The van der Waals surface area contributed by atoms with Crippen molar-refractivity contribution in [2.45, 2.75) is 64.7 Å². The number of nitrogens with zero attached hydrogens (tertiary/aromatic N) is 1. The Morgan fingerprint density at radius 2 is 1.71 bits per heavy atom. The average Bonchev–Trinajstić information content (AvgIpc) is 2.91. The summed E-state index contributed by atoms with van der Waals surface area (Å²) in [4.78, 5) is 27.3. The van der Waals surface area contributed by atoms with Gasteiger partial charge in [-0.05, 0) is 80.0 Å². The first-order chi connectivity index (χ1) is 17.0. The second kappa shape index (κ2) is 13.7. The number of benzene rings is 2. The quantitative estimate of drug-likeness (QED) is 0.208. The summed E-state index contributed by atoms with van der Waals surface area (Å²) in [7, 11) is 3.06. The number of hydrogen-bond acceptors (Lipinski definition) is 4. The lowest BCUT2D eigenvalue weighted by molar-refractivity contribution is -0.134. The highest BCUT2D eigenvalue weighted by Gasteiger charge is 2.27. The largest absolute Gasteiger partial charge is 0.497 e. The molecule has 188 valence electrons. The number of esters is 1. The molecule has 0 saturated heterocycles. The van der Waals surface area contributed by atoms with E-state index in [4.69, 9.17) is 9.47 Å². The van der Waals surface area contributed by atoms with E-state index in [1.165, 1.54) is 25.2 Å².